The molecule has 1 aliphatic rings. The van der Waals surface area contributed by atoms with E-state index in [0.29, 0.717) is 5.92 Å². The van der Waals surface area contributed by atoms with Gasteiger partial charge in [-0.25, -0.2) is 0 Å². The first kappa shape index (κ1) is 9.54. The number of ether oxygens (including phenoxy) is 1. The second-order valence-corrected chi connectivity index (χ2v) is 3.80. The molecular formula is C10H17NO. The lowest BCUT2D eigenvalue weighted by molar-refractivity contribution is -0.0173. The molecule has 2 nitrogen and oxygen atoms in total. The average molecular weight is 167 g/mol. The quantitative estimate of drug-likeness (QED) is 0.632. The van der Waals surface area contributed by atoms with Crippen LogP contribution < -0.4 is 0 Å². The molecular weight excluding hydrogens is 150 g/mol. The summed E-state index contributed by atoms with van der Waals surface area (Å²) in [5, 5.41) is 8.92. The monoisotopic (exact) mass is 167 g/mol. The normalized spacial score (nSPS) is 26.7. The van der Waals surface area contributed by atoms with E-state index in [9.17, 15) is 0 Å². The van der Waals surface area contributed by atoms with Gasteiger partial charge in [-0.2, -0.15) is 5.26 Å². The molecule has 0 aromatic rings. The molecule has 2 atom stereocenters. The summed E-state index contributed by atoms with van der Waals surface area (Å²) in [7, 11) is 0. The third-order valence-electron chi connectivity index (χ3n) is 2.48. The van der Waals surface area contributed by atoms with Gasteiger partial charge in [-0.3, -0.25) is 0 Å². The van der Waals surface area contributed by atoms with Crippen LogP contribution in [0.5, 0.6) is 0 Å². The Morgan fingerprint density at radius 1 is 1.42 bits per heavy atom. The molecule has 0 spiro atoms. The number of nitriles is 1. The van der Waals surface area contributed by atoms with Crippen molar-refractivity contribution in [1.29, 1.82) is 5.26 Å². The highest BCUT2D eigenvalue weighted by molar-refractivity contribution is 4.91. The van der Waals surface area contributed by atoms with Crippen LogP contribution in [0.15, 0.2) is 0 Å². The van der Waals surface area contributed by atoms with Crippen LogP contribution >= 0.6 is 0 Å². The van der Waals surface area contributed by atoms with E-state index in [4.69, 9.17) is 10.00 Å². The fourth-order valence-corrected chi connectivity index (χ4v) is 1.71. The molecule has 0 saturated carbocycles. The van der Waals surface area contributed by atoms with Crippen LogP contribution in [0.1, 0.15) is 33.1 Å². The van der Waals surface area contributed by atoms with Gasteiger partial charge in [-0.05, 0) is 25.2 Å². The van der Waals surface area contributed by atoms with E-state index in [1.807, 2.05) is 0 Å². The summed E-state index contributed by atoms with van der Waals surface area (Å²) >= 11 is 0. The number of nitrogens with zero attached hydrogens (tertiary/aromatic N) is 1. The van der Waals surface area contributed by atoms with Gasteiger partial charge in [0, 0.05) is 6.61 Å². The van der Waals surface area contributed by atoms with E-state index in [2.05, 4.69) is 19.9 Å². The first-order valence-electron chi connectivity index (χ1n) is 4.77. The molecule has 0 amide bonds. The zero-order valence-electron chi connectivity index (χ0n) is 7.92. The highest BCUT2D eigenvalue weighted by Gasteiger charge is 2.26. The fourth-order valence-electron chi connectivity index (χ4n) is 1.71. The van der Waals surface area contributed by atoms with E-state index >= 15 is 0 Å². The largest absolute Gasteiger partial charge is 0.377 e. The van der Waals surface area contributed by atoms with Crippen molar-refractivity contribution in [3.63, 3.8) is 0 Å². The molecule has 0 radical (unpaired) electrons. The summed E-state index contributed by atoms with van der Waals surface area (Å²) < 4.78 is 5.57. The van der Waals surface area contributed by atoms with Crippen LogP contribution in [0.2, 0.25) is 0 Å². The summed E-state index contributed by atoms with van der Waals surface area (Å²) in [5.41, 5.74) is 0. The smallest absolute Gasteiger partial charge is 0.0748 e. The van der Waals surface area contributed by atoms with Gasteiger partial charge in [0.25, 0.3) is 0 Å². The first-order valence-corrected chi connectivity index (χ1v) is 4.77. The van der Waals surface area contributed by atoms with Crippen molar-refractivity contribution in [2.45, 2.75) is 39.2 Å². The van der Waals surface area contributed by atoms with E-state index in [0.717, 1.165) is 19.4 Å². The van der Waals surface area contributed by atoms with Crippen molar-refractivity contribution >= 4 is 0 Å². The Kier molecular flexibility index (Phi) is 3.55. The molecule has 1 aliphatic heterocycles. The maximum Gasteiger partial charge on any atom is 0.0748 e. The van der Waals surface area contributed by atoms with Gasteiger partial charge >= 0.3 is 0 Å². The molecule has 1 fully saturated rings. The van der Waals surface area contributed by atoms with E-state index in [-0.39, 0.29) is 12.0 Å². The Hall–Kier alpha value is -0.550. The molecule has 12 heavy (non-hydrogen) atoms. The predicted octanol–water partition coefficient (Wildman–Crippen LogP) is 2.35. The summed E-state index contributed by atoms with van der Waals surface area (Å²) in [6, 6.07) is 2.35. The minimum Gasteiger partial charge on any atom is -0.377 e. The number of hydrogen-bond donors (Lipinski definition) is 0. The van der Waals surface area contributed by atoms with E-state index in [1.165, 1.54) is 6.42 Å². The standard InChI is InChI=1S/C10H17NO/c1-8(2)9(7-11)10-5-3-4-6-12-10/h8-10H,3-6H2,1-2H3. The third-order valence-corrected chi connectivity index (χ3v) is 2.48. The molecule has 1 saturated heterocycles. The topological polar surface area (TPSA) is 33.0 Å². The zero-order chi connectivity index (χ0) is 8.97. The minimum atomic E-state index is 0.0882. The Morgan fingerprint density at radius 2 is 2.17 bits per heavy atom. The Balaban J connectivity index is 2.47. The molecule has 0 N–H and O–H groups in total. The van der Waals surface area contributed by atoms with Crippen LogP contribution in [-0.4, -0.2) is 12.7 Å². The second-order valence-electron chi connectivity index (χ2n) is 3.80. The van der Waals surface area contributed by atoms with Gasteiger partial charge in [-0.15, -0.1) is 0 Å². The van der Waals surface area contributed by atoms with E-state index in [1.54, 1.807) is 0 Å². The molecule has 0 aromatic carbocycles. The Morgan fingerprint density at radius 3 is 2.58 bits per heavy atom. The molecule has 0 aromatic heterocycles. The Bertz CT molecular complexity index is 165. The minimum absolute atomic E-state index is 0.0882. The Labute approximate surface area is 74.5 Å². The van der Waals surface area contributed by atoms with Crippen LogP contribution in [0, 0.1) is 23.2 Å². The maximum absolute atomic E-state index is 8.92. The summed E-state index contributed by atoms with van der Waals surface area (Å²) in [4.78, 5) is 0. The molecule has 68 valence electrons. The van der Waals surface area contributed by atoms with Gasteiger partial charge in [-0.1, -0.05) is 13.8 Å². The van der Waals surface area contributed by atoms with Crippen molar-refractivity contribution in [3.8, 4) is 6.07 Å². The fraction of sp³-hybridized carbons (Fsp3) is 0.900. The van der Waals surface area contributed by atoms with Gasteiger partial charge in [0.05, 0.1) is 18.1 Å². The van der Waals surface area contributed by atoms with Crippen molar-refractivity contribution in [3.05, 3.63) is 0 Å². The third kappa shape index (κ3) is 2.22. The maximum atomic E-state index is 8.92. The highest BCUT2D eigenvalue weighted by Crippen LogP contribution is 2.24. The molecule has 1 heterocycles. The van der Waals surface area contributed by atoms with Crippen molar-refractivity contribution in [2.24, 2.45) is 11.8 Å². The molecule has 2 heteroatoms. The summed E-state index contributed by atoms with van der Waals surface area (Å²) in [6.45, 7) is 5.02. The first-order chi connectivity index (χ1) is 5.75. The van der Waals surface area contributed by atoms with Crippen LogP contribution in [0.3, 0.4) is 0 Å². The lowest BCUT2D eigenvalue weighted by atomic mass is 9.88. The van der Waals surface area contributed by atoms with Crippen LogP contribution in [-0.2, 0) is 4.74 Å². The van der Waals surface area contributed by atoms with Crippen molar-refractivity contribution in [1.82, 2.24) is 0 Å². The molecule has 0 aliphatic carbocycles. The van der Waals surface area contributed by atoms with Gasteiger partial charge in [0.1, 0.15) is 0 Å². The van der Waals surface area contributed by atoms with E-state index < -0.39 is 0 Å². The SMILES string of the molecule is CC(C)C(C#N)C1CCCCO1. The van der Waals surface area contributed by atoms with Gasteiger partial charge in [0.2, 0.25) is 0 Å². The van der Waals surface area contributed by atoms with Gasteiger partial charge in [0.15, 0.2) is 0 Å². The molecule has 0 bridgehead atoms. The zero-order valence-corrected chi connectivity index (χ0v) is 7.92. The average Bonchev–Trinajstić information content (AvgIpc) is 2.07. The van der Waals surface area contributed by atoms with Crippen molar-refractivity contribution in [2.75, 3.05) is 6.61 Å². The van der Waals surface area contributed by atoms with Crippen LogP contribution in [0.25, 0.3) is 0 Å². The number of hydrogen-bond acceptors (Lipinski definition) is 2. The van der Waals surface area contributed by atoms with Gasteiger partial charge < -0.3 is 4.74 Å². The molecule has 1 rings (SSSR count). The lowest BCUT2D eigenvalue weighted by Gasteiger charge is -2.28. The van der Waals surface area contributed by atoms with Crippen molar-refractivity contribution < 1.29 is 4.74 Å². The summed E-state index contributed by atoms with van der Waals surface area (Å²) in [5.74, 6) is 0.503. The molecule has 2 unspecified atom stereocenters. The van der Waals surface area contributed by atoms with Crippen LogP contribution in [0.4, 0.5) is 0 Å². The highest BCUT2D eigenvalue weighted by atomic mass is 16.5. The number of rotatable bonds is 2. The predicted molar refractivity (Wildman–Crippen MR) is 47.5 cm³/mol. The second kappa shape index (κ2) is 4.47. The summed E-state index contributed by atoms with van der Waals surface area (Å²) in [6.07, 6.45) is 3.64. The lowest BCUT2D eigenvalue weighted by Crippen LogP contribution is -2.30.